The molecule has 0 bridgehead atoms. The molecule has 0 aliphatic heterocycles. The van der Waals surface area contributed by atoms with Crippen LogP contribution < -0.4 is 0 Å². The van der Waals surface area contributed by atoms with Crippen molar-refractivity contribution in [1.82, 2.24) is 0 Å². The summed E-state index contributed by atoms with van der Waals surface area (Å²) in [6.45, 7) is 1.91. The Bertz CT molecular complexity index is 561. The number of ketones is 1. The number of benzene rings is 2. The second-order valence-corrected chi connectivity index (χ2v) is 5.48. The first-order valence-corrected chi connectivity index (χ1v) is 6.60. The maximum absolute atomic E-state index is 12.3. The lowest BCUT2D eigenvalue weighted by Gasteiger charge is -2.05. The van der Waals surface area contributed by atoms with Crippen LogP contribution in [0.25, 0.3) is 0 Å². The minimum Gasteiger partial charge on any atom is -0.289 e. The first kappa shape index (κ1) is 12.6. The van der Waals surface area contributed by atoms with Crippen molar-refractivity contribution in [2.75, 3.05) is 0 Å². The van der Waals surface area contributed by atoms with Gasteiger partial charge in [0, 0.05) is 19.7 Å². The Kier molecular flexibility index (Phi) is 3.84. The van der Waals surface area contributed by atoms with Gasteiger partial charge in [-0.15, -0.1) is 0 Å². The lowest BCUT2D eigenvalue weighted by atomic mass is 9.99. The molecule has 0 saturated heterocycles. The van der Waals surface area contributed by atoms with E-state index in [-0.39, 0.29) is 5.78 Å². The SMILES string of the molecule is Cc1ccc(Cl)cc1C(=O)c1ccc(I)cc1. The quantitative estimate of drug-likeness (QED) is 0.572. The second-order valence-electron chi connectivity index (χ2n) is 3.80. The van der Waals surface area contributed by atoms with E-state index in [1.165, 1.54) is 0 Å². The number of hydrogen-bond acceptors (Lipinski definition) is 1. The molecule has 0 heterocycles. The van der Waals surface area contributed by atoms with E-state index >= 15 is 0 Å². The molecule has 0 amide bonds. The van der Waals surface area contributed by atoms with Crippen molar-refractivity contribution in [1.29, 1.82) is 0 Å². The van der Waals surface area contributed by atoms with E-state index in [0.29, 0.717) is 16.1 Å². The maximum Gasteiger partial charge on any atom is 0.193 e. The molecule has 0 saturated carbocycles. The zero-order chi connectivity index (χ0) is 12.4. The van der Waals surface area contributed by atoms with E-state index in [1.807, 2.05) is 37.3 Å². The summed E-state index contributed by atoms with van der Waals surface area (Å²) in [4.78, 5) is 12.3. The summed E-state index contributed by atoms with van der Waals surface area (Å²) in [6, 6.07) is 12.9. The van der Waals surface area contributed by atoms with Crippen LogP contribution in [0.1, 0.15) is 21.5 Å². The lowest BCUT2D eigenvalue weighted by Crippen LogP contribution is -2.03. The van der Waals surface area contributed by atoms with Gasteiger partial charge in [-0.2, -0.15) is 0 Å². The Morgan fingerprint density at radius 3 is 2.41 bits per heavy atom. The molecule has 2 aromatic carbocycles. The third kappa shape index (κ3) is 2.87. The fourth-order valence-electron chi connectivity index (χ4n) is 1.60. The molecule has 2 rings (SSSR count). The normalized spacial score (nSPS) is 10.3. The van der Waals surface area contributed by atoms with E-state index < -0.39 is 0 Å². The van der Waals surface area contributed by atoms with Crippen LogP contribution in [0.4, 0.5) is 0 Å². The highest BCUT2D eigenvalue weighted by Crippen LogP contribution is 2.19. The molecular formula is C14H10ClIO. The van der Waals surface area contributed by atoms with Gasteiger partial charge in [0.1, 0.15) is 0 Å². The Labute approximate surface area is 119 Å². The standard InChI is InChI=1S/C14H10ClIO/c1-9-2-5-11(15)8-13(9)14(17)10-3-6-12(16)7-4-10/h2-8H,1H3. The smallest absolute Gasteiger partial charge is 0.193 e. The first-order valence-electron chi connectivity index (χ1n) is 5.14. The van der Waals surface area contributed by atoms with Crippen LogP contribution >= 0.6 is 34.2 Å². The van der Waals surface area contributed by atoms with Gasteiger partial charge in [0.25, 0.3) is 0 Å². The molecule has 0 spiro atoms. The second kappa shape index (κ2) is 5.19. The van der Waals surface area contributed by atoms with Crippen LogP contribution in [0.3, 0.4) is 0 Å². The number of hydrogen-bond donors (Lipinski definition) is 0. The van der Waals surface area contributed by atoms with Gasteiger partial charge in [-0.05, 0) is 71.5 Å². The monoisotopic (exact) mass is 356 g/mol. The van der Waals surface area contributed by atoms with Crippen LogP contribution in [-0.2, 0) is 0 Å². The molecule has 0 aliphatic rings. The molecule has 2 aromatic rings. The fraction of sp³-hybridized carbons (Fsp3) is 0.0714. The predicted octanol–water partition coefficient (Wildman–Crippen LogP) is 4.48. The van der Waals surface area contributed by atoms with Crippen LogP contribution in [0.2, 0.25) is 5.02 Å². The van der Waals surface area contributed by atoms with Gasteiger partial charge >= 0.3 is 0 Å². The van der Waals surface area contributed by atoms with Gasteiger partial charge in [0.05, 0.1) is 0 Å². The highest BCUT2D eigenvalue weighted by molar-refractivity contribution is 14.1. The number of halogens is 2. The average Bonchev–Trinajstić information content (AvgIpc) is 2.32. The summed E-state index contributed by atoms with van der Waals surface area (Å²) in [6.07, 6.45) is 0. The van der Waals surface area contributed by atoms with Gasteiger partial charge in [-0.25, -0.2) is 0 Å². The average molecular weight is 357 g/mol. The van der Waals surface area contributed by atoms with Gasteiger partial charge in [0.2, 0.25) is 0 Å². The molecule has 0 N–H and O–H groups in total. The molecule has 0 aromatic heterocycles. The van der Waals surface area contributed by atoms with Crippen LogP contribution in [0.5, 0.6) is 0 Å². The van der Waals surface area contributed by atoms with Crippen LogP contribution in [0, 0.1) is 10.5 Å². The molecule has 86 valence electrons. The van der Waals surface area contributed by atoms with E-state index in [4.69, 9.17) is 11.6 Å². The molecule has 1 nitrogen and oxygen atoms in total. The lowest BCUT2D eigenvalue weighted by molar-refractivity contribution is 0.103. The summed E-state index contributed by atoms with van der Waals surface area (Å²) in [5.41, 5.74) is 2.30. The Morgan fingerprint density at radius 2 is 1.76 bits per heavy atom. The Morgan fingerprint density at radius 1 is 1.12 bits per heavy atom. The van der Waals surface area contributed by atoms with E-state index in [9.17, 15) is 4.79 Å². The maximum atomic E-state index is 12.3. The topological polar surface area (TPSA) is 17.1 Å². The molecule has 0 fully saturated rings. The van der Waals surface area contributed by atoms with Crippen molar-refractivity contribution >= 4 is 40.0 Å². The van der Waals surface area contributed by atoms with Gasteiger partial charge in [-0.1, -0.05) is 17.7 Å². The summed E-state index contributed by atoms with van der Waals surface area (Å²) in [5, 5.41) is 0.587. The summed E-state index contributed by atoms with van der Waals surface area (Å²) >= 11 is 8.13. The summed E-state index contributed by atoms with van der Waals surface area (Å²) in [5.74, 6) is 0.0152. The van der Waals surface area contributed by atoms with Gasteiger partial charge < -0.3 is 0 Å². The highest BCUT2D eigenvalue weighted by Gasteiger charge is 2.11. The zero-order valence-electron chi connectivity index (χ0n) is 9.21. The van der Waals surface area contributed by atoms with Crippen molar-refractivity contribution in [3.8, 4) is 0 Å². The predicted molar refractivity (Wildman–Crippen MR) is 78.8 cm³/mol. The van der Waals surface area contributed by atoms with Crippen molar-refractivity contribution in [3.63, 3.8) is 0 Å². The Hall–Kier alpha value is -0.870. The molecule has 0 unspecified atom stereocenters. The fourth-order valence-corrected chi connectivity index (χ4v) is 2.13. The summed E-state index contributed by atoms with van der Waals surface area (Å²) in [7, 11) is 0. The van der Waals surface area contributed by atoms with Crippen LogP contribution in [-0.4, -0.2) is 5.78 Å². The first-order chi connectivity index (χ1) is 8.08. The van der Waals surface area contributed by atoms with Crippen molar-refractivity contribution in [2.45, 2.75) is 6.92 Å². The van der Waals surface area contributed by atoms with E-state index in [1.54, 1.807) is 12.1 Å². The van der Waals surface area contributed by atoms with Crippen LogP contribution in [0.15, 0.2) is 42.5 Å². The third-order valence-corrected chi connectivity index (χ3v) is 3.50. The van der Waals surface area contributed by atoms with E-state index in [2.05, 4.69) is 22.6 Å². The number of carbonyl (C=O) groups excluding carboxylic acids is 1. The largest absolute Gasteiger partial charge is 0.289 e. The minimum absolute atomic E-state index is 0.0152. The van der Waals surface area contributed by atoms with Crippen molar-refractivity contribution < 1.29 is 4.79 Å². The van der Waals surface area contributed by atoms with Gasteiger partial charge in [0.15, 0.2) is 5.78 Å². The number of carbonyl (C=O) groups is 1. The molecule has 0 aliphatic carbocycles. The Balaban J connectivity index is 2.43. The van der Waals surface area contributed by atoms with Gasteiger partial charge in [-0.3, -0.25) is 4.79 Å². The summed E-state index contributed by atoms with van der Waals surface area (Å²) < 4.78 is 1.11. The zero-order valence-corrected chi connectivity index (χ0v) is 12.1. The molecule has 3 heteroatoms. The highest BCUT2D eigenvalue weighted by atomic mass is 127. The molecule has 0 radical (unpaired) electrons. The van der Waals surface area contributed by atoms with Crippen molar-refractivity contribution in [3.05, 3.63) is 67.7 Å². The third-order valence-electron chi connectivity index (χ3n) is 2.55. The minimum atomic E-state index is 0.0152. The number of aryl methyl sites for hydroxylation is 1. The van der Waals surface area contributed by atoms with Crippen molar-refractivity contribution in [2.24, 2.45) is 0 Å². The molecule has 0 atom stereocenters. The number of rotatable bonds is 2. The molecule has 17 heavy (non-hydrogen) atoms. The molecular weight excluding hydrogens is 347 g/mol. The van der Waals surface area contributed by atoms with E-state index in [0.717, 1.165) is 9.13 Å².